The van der Waals surface area contributed by atoms with E-state index in [-0.39, 0.29) is 17.5 Å². The number of esters is 1. The van der Waals surface area contributed by atoms with Crippen LogP contribution in [0.4, 0.5) is 4.39 Å². The van der Waals surface area contributed by atoms with Crippen molar-refractivity contribution in [2.45, 2.75) is 39.2 Å². The Morgan fingerprint density at radius 2 is 1.50 bits per heavy atom. The Kier molecular flexibility index (Phi) is 6.67. The first kappa shape index (κ1) is 21.3. The lowest BCUT2D eigenvalue weighted by Gasteiger charge is -2.19. The second kappa shape index (κ2) is 8.78. The van der Waals surface area contributed by atoms with Crippen molar-refractivity contribution in [2.75, 3.05) is 6.54 Å². The number of hydrogen-bond acceptors (Lipinski definition) is 4. The average molecular weight is 385 g/mol. The fourth-order valence-corrected chi connectivity index (χ4v) is 2.52. The summed E-state index contributed by atoms with van der Waals surface area (Å²) in [6.07, 6.45) is -1.04. The summed E-state index contributed by atoms with van der Waals surface area (Å²) in [7, 11) is 0. The largest absolute Gasteiger partial charge is 0.453 e. The van der Waals surface area contributed by atoms with Gasteiger partial charge >= 0.3 is 5.97 Å². The number of carbonyl (C=O) groups excluding carboxylic acids is 3. The van der Waals surface area contributed by atoms with E-state index >= 15 is 0 Å². The quantitative estimate of drug-likeness (QED) is 0.608. The number of nitrogens with one attached hydrogen (secondary N) is 1. The molecule has 0 spiro atoms. The number of amides is 1. The molecule has 1 atom stereocenters. The summed E-state index contributed by atoms with van der Waals surface area (Å²) in [6, 6.07) is 12.1. The van der Waals surface area contributed by atoms with Crippen LogP contribution in [0.2, 0.25) is 0 Å². The molecule has 1 amide bonds. The number of ether oxygens (including phenoxy) is 1. The van der Waals surface area contributed by atoms with Crippen molar-refractivity contribution in [1.29, 1.82) is 0 Å². The van der Waals surface area contributed by atoms with E-state index in [1.807, 2.05) is 12.1 Å². The lowest BCUT2D eigenvalue weighted by atomic mass is 9.87. The maximum atomic E-state index is 12.9. The molecule has 0 bridgehead atoms. The minimum absolute atomic E-state index is 0.0218. The second-order valence-electron chi connectivity index (χ2n) is 7.51. The van der Waals surface area contributed by atoms with Crippen LogP contribution in [0, 0.1) is 5.82 Å². The fourth-order valence-electron chi connectivity index (χ4n) is 2.52. The first-order chi connectivity index (χ1) is 13.1. The van der Waals surface area contributed by atoms with Crippen molar-refractivity contribution in [1.82, 2.24) is 5.32 Å². The molecular weight excluding hydrogens is 361 g/mol. The predicted molar refractivity (Wildman–Crippen MR) is 104 cm³/mol. The third-order valence-corrected chi connectivity index (χ3v) is 4.21. The molecule has 0 aliphatic carbocycles. The second-order valence-corrected chi connectivity index (χ2v) is 7.51. The van der Waals surface area contributed by atoms with Gasteiger partial charge in [-0.3, -0.25) is 14.4 Å². The van der Waals surface area contributed by atoms with Crippen molar-refractivity contribution in [2.24, 2.45) is 0 Å². The van der Waals surface area contributed by atoms with Crippen LogP contribution in [0.1, 0.15) is 54.0 Å². The molecule has 28 heavy (non-hydrogen) atoms. The Hall–Kier alpha value is -3.02. The van der Waals surface area contributed by atoms with Gasteiger partial charge in [0.2, 0.25) is 5.78 Å². The van der Waals surface area contributed by atoms with Gasteiger partial charge in [-0.2, -0.15) is 0 Å². The SMILES string of the molecule is C[C@@H](OC(=O)CNC(=O)c1ccc(C(C)(C)C)cc1)C(=O)c1ccc(F)cc1. The predicted octanol–water partition coefficient (Wildman–Crippen LogP) is 3.67. The summed E-state index contributed by atoms with van der Waals surface area (Å²) < 4.78 is 18.0. The third kappa shape index (κ3) is 5.74. The van der Waals surface area contributed by atoms with Gasteiger partial charge in [-0.25, -0.2) is 4.39 Å². The highest BCUT2D eigenvalue weighted by Gasteiger charge is 2.20. The monoisotopic (exact) mass is 385 g/mol. The van der Waals surface area contributed by atoms with E-state index < -0.39 is 29.6 Å². The molecule has 0 heterocycles. The zero-order chi connectivity index (χ0) is 20.9. The molecule has 0 fully saturated rings. The van der Waals surface area contributed by atoms with Gasteiger partial charge in [-0.1, -0.05) is 32.9 Å². The zero-order valence-corrected chi connectivity index (χ0v) is 16.4. The van der Waals surface area contributed by atoms with Gasteiger partial charge in [0.25, 0.3) is 5.91 Å². The number of carbonyl (C=O) groups is 3. The highest BCUT2D eigenvalue weighted by atomic mass is 19.1. The summed E-state index contributed by atoms with van der Waals surface area (Å²) in [4.78, 5) is 36.3. The molecule has 0 aliphatic rings. The van der Waals surface area contributed by atoms with Crippen LogP contribution in [0.15, 0.2) is 48.5 Å². The molecule has 0 unspecified atom stereocenters. The molecule has 148 valence electrons. The Morgan fingerprint density at radius 3 is 2.04 bits per heavy atom. The Labute approximate surface area is 163 Å². The molecule has 6 heteroatoms. The number of rotatable bonds is 6. The highest BCUT2D eigenvalue weighted by molar-refractivity contribution is 6.00. The number of benzene rings is 2. The van der Waals surface area contributed by atoms with Gasteiger partial charge < -0.3 is 10.1 Å². The Balaban J connectivity index is 1.86. The Morgan fingerprint density at radius 1 is 0.964 bits per heavy atom. The van der Waals surface area contributed by atoms with E-state index in [4.69, 9.17) is 4.74 Å². The van der Waals surface area contributed by atoms with Crippen molar-refractivity contribution in [3.05, 3.63) is 71.0 Å². The van der Waals surface area contributed by atoms with Crippen LogP contribution in [-0.2, 0) is 14.9 Å². The third-order valence-electron chi connectivity index (χ3n) is 4.21. The number of Topliss-reactive ketones (excluding diaryl/α,β-unsaturated/α-hetero) is 1. The summed E-state index contributed by atoms with van der Waals surface area (Å²) in [6.45, 7) is 7.29. The highest BCUT2D eigenvalue weighted by Crippen LogP contribution is 2.22. The first-order valence-corrected chi connectivity index (χ1v) is 8.96. The van der Waals surface area contributed by atoms with Gasteiger partial charge in [0.15, 0.2) is 6.10 Å². The van der Waals surface area contributed by atoms with Gasteiger partial charge in [0.1, 0.15) is 12.4 Å². The normalized spacial score (nSPS) is 12.2. The number of hydrogen-bond donors (Lipinski definition) is 1. The maximum absolute atomic E-state index is 12.9. The molecule has 1 N–H and O–H groups in total. The lowest BCUT2D eigenvalue weighted by molar-refractivity contribution is -0.145. The molecule has 2 rings (SSSR count). The Bertz CT molecular complexity index is 852. The van der Waals surface area contributed by atoms with E-state index in [1.165, 1.54) is 19.1 Å². The van der Waals surface area contributed by atoms with Crippen LogP contribution >= 0.6 is 0 Å². The van der Waals surface area contributed by atoms with Crippen LogP contribution in [-0.4, -0.2) is 30.3 Å². The molecule has 0 saturated carbocycles. The van der Waals surface area contributed by atoms with Gasteiger partial charge in [-0.05, 0) is 54.3 Å². The van der Waals surface area contributed by atoms with Crippen molar-refractivity contribution < 1.29 is 23.5 Å². The first-order valence-electron chi connectivity index (χ1n) is 8.96. The van der Waals surface area contributed by atoms with E-state index in [9.17, 15) is 18.8 Å². The van der Waals surface area contributed by atoms with E-state index in [2.05, 4.69) is 26.1 Å². The van der Waals surface area contributed by atoms with Crippen molar-refractivity contribution in [3.63, 3.8) is 0 Å². The van der Waals surface area contributed by atoms with Crippen LogP contribution < -0.4 is 5.32 Å². The smallest absolute Gasteiger partial charge is 0.326 e. The van der Waals surface area contributed by atoms with Crippen LogP contribution in [0.25, 0.3) is 0 Å². The number of halogens is 1. The molecule has 5 nitrogen and oxygen atoms in total. The van der Waals surface area contributed by atoms with E-state index in [0.717, 1.165) is 17.7 Å². The lowest BCUT2D eigenvalue weighted by Crippen LogP contribution is -2.34. The van der Waals surface area contributed by atoms with E-state index in [1.54, 1.807) is 12.1 Å². The molecular formula is C22H24FNO4. The number of ketones is 1. The minimum Gasteiger partial charge on any atom is -0.453 e. The zero-order valence-electron chi connectivity index (χ0n) is 16.4. The van der Waals surface area contributed by atoms with Crippen molar-refractivity contribution >= 4 is 17.7 Å². The average Bonchev–Trinajstić information content (AvgIpc) is 2.65. The molecule has 0 aliphatic heterocycles. The maximum Gasteiger partial charge on any atom is 0.326 e. The topological polar surface area (TPSA) is 72.5 Å². The molecule has 0 radical (unpaired) electrons. The summed E-state index contributed by atoms with van der Waals surface area (Å²) in [5.41, 5.74) is 1.74. The van der Waals surface area contributed by atoms with Crippen LogP contribution in [0.3, 0.4) is 0 Å². The molecule has 0 aromatic heterocycles. The van der Waals surface area contributed by atoms with Crippen LogP contribution in [0.5, 0.6) is 0 Å². The molecule has 2 aromatic carbocycles. The summed E-state index contributed by atoms with van der Waals surface area (Å²) in [5, 5.41) is 2.47. The summed E-state index contributed by atoms with van der Waals surface area (Å²) in [5.74, 6) is -2.05. The van der Waals surface area contributed by atoms with E-state index in [0.29, 0.717) is 5.56 Å². The standard InChI is InChI=1S/C22H24FNO4/c1-14(20(26)15-7-11-18(23)12-8-15)28-19(25)13-24-21(27)16-5-9-17(10-6-16)22(2,3)4/h5-12,14H,13H2,1-4H3,(H,24,27)/t14-/m1/s1. The fraction of sp³-hybridized carbons (Fsp3) is 0.318. The summed E-state index contributed by atoms with van der Waals surface area (Å²) >= 11 is 0. The molecule has 0 saturated heterocycles. The van der Waals surface area contributed by atoms with Gasteiger partial charge in [-0.15, -0.1) is 0 Å². The van der Waals surface area contributed by atoms with Gasteiger partial charge in [0.05, 0.1) is 0 Å². The minimum atomic E-state index is -1.04. The van der Waals surface area contributed by atoms with Crippen molar-refractivity contribution in [3.8, 4) is 0 Å². The molecule has 2 aromatic rings. The van der Waals surface area contributed by atoms with Gasteiger partial charge in [0, 0.05) is 11.1 Å².